The van der Waals surface area contributed by atoms with Gasteiger partial charge in [-0.25, -0.2) is 13.9 Å². The molecule has 2 aromatic rings. The number of amides is 1. The predicted octanol–water partition coefficient (Wildman–Crippen LogP) is 3.65. The van der Waals surface area contributed by atoms with E-state index in [1.165, 1.54) is 28.7 Å². The molecule has 174 valence electrons. The monoisotopic (exact) mass is 461 g/mol. The van der Waals surface area contributed by atoms with Crippen LogP contribution in [0.2, 0.25) is 0 Å². The van der Waals surface area contributed by atoms with Crippen LogP contribution in [0.25, 0.3) is 0 Å². The van der Waals surface area contributed by atoms with Gasteiger partial charge in [-0.3, -0.25) is 10.0 Å². The van der Waals surface area contributed by atoms with Gasteiger partial charge in [0, 0.05) is 13.2 Å². The average molecular weight is 462 g/mol. The number of hydrogen-bond donors (Lipinski definition) is 2. The number of carbonyl (C=O) groups is 1. The second-order valence-electron chi connectivity index (χ2n) is 8.37. The number of hydroxylamine groups is 1. The second kappa shape index (κ2) is 10.5. The van der Waals surface area contributed by atoms with Crippen LogP contribution in [0, 0.1) is 0 Å². The van der Waals surface area contributed by atoms with Gasteiger partial charge in [-0.05, 0) is 67.0 Å². The number of rotatable bonds is 9. The van der Waals surface area contributed by atoms with Crippen molar-refractivity contribution in [1.29, 1.82) is 0 Å². The number of aryl methyl sites for hydroxylation is 1. The quantitative estimate of drug-likeness (QED) is 0.336. The Balaban J connectivity index is 1.62. The van der Waals surface area contributed by atoms with E-state index in [0.717, 1.165) is 12.8 Å². The fourth-order valence-corrected chi connectivity index (χ4v) is 5.87. The first-order valence-corrected chi connectivity index (χ1v) is 12.4. The summed E-state index contributed by atoms with van der Waals surface area (Å²) < 4.78 is 35.8. The maximum atomic E-state index is 13.2. The minimum Gasteiger partial charge on any atom is -0.494 e. The van der Waals surface area contributed by atoms with Gasteiger partial charge in [-0.2, -0.15) is 0 Å². The minimum absolute atomic E-state index is 0.0147. The van der Waals surface area contributed by atoms with Crippen LogP contribution in [0.15, 0.2) is 53.4 Å². The summed E-state index contributed by atoms with van der Waals surface area (Å²) in [5.74, 6) is 0.125. The lowest BCUT2D eigenvalue weighted by atomic mass is 9.98. The van der Waals surface area contributed by atoms with Gasteiger partial charge in [-0.15, -0.1) is 0 Å². The summed E-state index contributed by atoms with van der Waals surface area (Å²) in [6.45, 7) is 5.12. The molecule has 0 bridgehead atoms. The van der Waals surface area contributed by atoms with Crippen molar-refractivity contribution in [3.8, 4) is 5.75 Å². The molecule has 0 atom stereocenters. The molecule has 1 aliphatic heterocycles. The lowest BCUT2D eigenvalue weighted by Gasteiger charge is -2.34. The Morgan fingerprint density at radius 2 is 1.84 bits per heavy atom. The van der Waals surface area contributed by atoms with Crippen molar-refractivity contribution >= 4 is 15.7 Å². The average Bonchev–Trinajstić information content (AvgIpc) is 2.82. The molecule has 0 unspecified atom stereocenters. The summed E-state index contributed by atoms with van der Waals surface area (Å²) in [6, 6.07) is 14.6. The lowest BCUT2D eigenvalue weighted by molar-refractivity contribution is -0.134. The zero-order valence-electron chi connectivity index (χ0n) is 18.5. The van der Waals surface area contributed by atoms with Crippen molar-refractivity contribution < 1.29 is 27.9 Å². The molecule has 1 saturated heterocycles. The van der Waals surface area contributed by atoms with E-state index < -0.39 is 20.5 Å². The van der Waals surface area contributed by atoms with Crippen molar-refractivity contribution in [2.45, 2.75) is 55.1 Å². The number of nitrogens with one attached hydrogen (secondary N) is 1. The van der Waals surface area contributed by atoms with Crippen LogP contribution < -0.4 is 10.2 Å². The Morgan fingerprint density at radius 1 is 1.16 bits per heavy atom. The smallest absolute Gasteiger partial charge is 0.265 e. The highest BCUT2D eigenvalue weighted by Gasteiger charge is 2.52. The molecule has 1 aliphatic rings. The summed E-state index contributed by atoms with van der Waals surface area (Å²) in [5.41, 5.74) is 4.11. The van der Waals surface area contributed by atoms with Crippen molar-refractivity contribution in [3.63, 3.8) is 0 Å². The van der Waals surface area contributed by atoms with Gasteiger partial charge >= 0.3 is 0 Å². The maximum absolute atomic E-state index is 13.2. The molecule has 1 amide bonds. The van der Waals surface area contributed by atoms with Crippen LogP contribution in [0.4, 0.5) is 0 Å². The summed E-state index contributed by atoms with van der Waals surface area (Å²) in [6.07, 6.45) is 1.70. The molecule has 2 aromatic carbocycles. The van der Waals surface area contributed by atoms with Crippen LogP contribution in [0.5, 0.6) is 5.75 Å². The number of carbonyl (C=O) groups excluding carboxylic acids is 1. The van der Waals surface area contributed by atoms with E-state index in [1.54, 1.807) is 12.1 Å². The van der Waals surface area contributed by atoms with Crippen molar-refractivity contribution in [1.82, 2.24) is 5.48 Å². The largest absolute Gasteiger partial charge is 0.494 e. The first-order valence-electron chi connectivity index (χ1n) is 10.9. The molecule has 1 heterocycles. The van der Waals surface area contributed by atoms with Gasteiger partial charge in [0.15, 0.2) is 14.6 Å². The van der Waals surface area contributed by atoms with Crippen molar-refractivity contribution in [2.75, 3.05) is 19.8 Å². The third-order valence-corrected chi connectivity index (χ3v) is 8.48. The van der Waals surface area contributed by atoms with E-state index in [0.29, 0.717) is 18.3 Å². The molecule has 0 spiro atoms. The number of ether oxygens (including phenoxy) is 2. The second-order valence-corrected chi connectivity index (χ2v) is 10.6. The van der Waals surface area contributed by atoms with Crippen LogP contribution in [-0.2, 0) is 25.8 Å². The van der Waals surface area contributed by atoms with Crippen molar-refractivity contribution in [2.24, 2.45) is 0 Å². The van der Waals surface area contributed by atoms with Gasteiger partial charge in [-0.1, -0.05) is 38.1 Å². The highest BCUT2D eigenvalue weighted by atomic mass is 32.2. The zero-order valence-corrected chi connectivity index (χ0v) is 19.4. The van der Waals surface area contributed by atoms with Crippen LogP contribution in [0.3, 0.4) is 0 Å². The predicted molar refractivity (Wildman–Crippen MR) is 121 cm³/mol. The van der Waals surface area contributed by atoms with Crippen LogP contribution >= 0.6 is 0 Å². The van der Waals surface area contributed by atoms with E-state index in [9.17, 15) is 13.2 Å². The van der Waals surface area contributed by atoms with Gasteiger partial charge in [0.05, 0.1) is 11.5 Å². The number of hydrogen-bond acceptors (Lipinski definition) is 6. The Morgan fingerprint density at radius 3 is 2.47 bits per heavy atom. The Kier molecular flexibility index (Phi) is 7.92. The molecule has 8 heteroatoms. The minimum atomic E-state index is -4.03. The first kappa shape index (κ1) is 24.2. The van der Waals surface area contributed by atoms with Gasteiger partial charge in [0.25, 0.3) is 5.91 Å². The molecule has 3 rings (SSSR count). The van der Waals surface area contributed by atoms with E-state index in [1.807, 2.05) is 0 Å². The fraction of sp³-hybridized carbons (Fsp3) is 0.458. The highest BCUT2D eigenvalue weighted by Crippen LogP contribution is 2.35. The highest BCUT2D eigenvalue weighted by molar-refractivity contribution is 7.93. The van der Waals surface area contributed by atoms with E-state index in [-0.39, 0.29) is 31.0 Å². The Labute approximate surface area is 189 Å². The van der Waals surface area contributed by atoms with Crippen LogP contribution in [-0.4, -0.2) is 44.1 Å². The molecule has 7 nitrogen and oxygen atoms in total. The molecular weight excluding hydrogens is 430 g/mol. The van der Waals surface area contributed by atoms with E-state index >= 15 is 0 Å². The van der Waals surface area contributed by atoms with E-state index in [2.05, 4.69) is 38.1 Å². The normalized spacial score (nSPS) is 16.0. The van der Waals surface area contributed by atoms with E-state index in [4.69, 9.17) is 14.7 Å². The van der Waals surface area contributed by atoms with Crippen molar-refractivity contribution in [3.05, 3.63) is 59.7 Å². The molecule has 1 fully saturated rings. The van der Waals surface area contributed by atoms with Gasteiger partial charge < -0.3 is 9.47 Å². The molecule has 0 radical (unpaired) electrons. The number of sulfone groups is 1. The maximum Gasteiger partial charge on any atom is 0.265 e. The SMILES string of the molecule is CC(C)c1cccc(CCCOc2ccc(S(=O)(=O)C3(C(=O)NO)CCOCC3)cc2)c1. The summed E-state index contributed by atoms with van der Waals surface area (Å²) in [5, 5.41) is 9.13. The Bertz CT molecular complexity index is 1010. The summed E-state index contributed by atoms with van der Waals surface area (Å²) in [7, 11) is -4.03. The molecule has 0 aliphatic carbocycles. The standard InChI is InChI=1S/C24H31NO6S/c1-18(2)20-7-3-5-19(17-20)6-4-14-31-21-8-10-22(11-9-21)32(28,29)24(23(26)25-27)12-15-30-16-13-24/h3,5,7-11,17-18,27H,4,6,12-16H2,1-2H3,(H,25,26). The zero-order chi connectivity index (χ0) is 23.2. The van der Waals surface area contributed by atoms with Crippen LogP contribution in [0.1, 0.15) is 50.2 Å². The topological polar surface area (TPSA) is 102 Å². The Hall–Kier alpha value is -2.42. The summed E-state index contributed by atoms with van der Waals surface area (Å²) in [4.78, 5) is 12.3. The number of benzene rings is 2. The van der Waals surface area contributed by atoms with Gasteiger partial charge in [0.2, 0.25) is 0 Å². The third-order valence-electron chi connectivity index (χ3n) is 5.96. The molecule has 0 aromatic heterocycles. The fourth-order valence-electron chi connectivity index (χ4n) is 3.94. The molecule has 2 N–H and O–H groups in total. The molecular formula is C24H31NO6S. The third kappa shape index (κ3) is 5.14. The van der Waals surface area contributed by atoms with Gasteiger partial charge in [0.1, 0.15) is 5.75 Å². The molecule has 32 heavy (non-hydrogen) atoms. The lowest BCUT2D eigenvalue weighted by Crippen LogP contribution is -2.54. The first-order chi connectivity index (χ1) is 15.3. The summed E-state index contributed by atoms with van der Waals surface area (Å²) >= 11 is 0. The molecule has 0 saturated carbocycles.